The monoisotopic (exact) mass is 511 g/mol. The van der Waals surface area contributed by atoms with E-state index in [9.17, 15) is 9.59 Å². The van der Waals surface area contributed by atoms with Gasteiger partial charge in [0.2, 0.25) is 5.76 Å². The van der Waals surface area contributed by atoms with E-state index in [1.54, 1.807) is 4.90 Å². The molecule has 0 bridgehead atoms. The summed E-state index contributed by atoms with van der Waals surface area (Å²) in [6.45, 7) is 11.3. The van der Waals surface area contributed by atoms with Crippen LogP contribution in [0, 0.1) is 20.8 Å². The van der Waals surface area contributed by atoms with Crippen LogP contribution in [0.4, 0.5) is 0 Å². The fourth-order valence-electron chi connectivity index (χ4n) is 4.97. The quantitative estimate of drug-likeness (QED) is 0.265. The number of nitrogens with zero attached hydrogens (tertiary/aromatic N) is 1. The Balaban J connectivity index is 1.70. The molecule has 5 rings (SSSR count). The predicted molar refractivity (Wildman–Crippen MR) is 148 cm³/mol. The predicted octanol–water partition coefficient (Wildman–Crippen LogP) is 6.65. The normalized spacial score (nSPS) is 14.7. The summed E-state index contributed by atoms with van der Waals surface area (Å²) in [5.41, 5.74) is 5.49. The molecule has 1 unspecified atom stereocenters. The second-order valence-electron chi connectivity index (χ2n) is 9.92. The highest BCUT2D eigenvalue weighted by Gasteiger charge is 2.43. The van der Waals surface area contributed by atoms with E-state index < -0.39 is 6.04 Å². The van der Waals surface area contributed by atoms with Crippen LogP contribution in [0.3, 0.4) is 0 Å². The van der Waals surface area contributed by atoms with Crippen molar-refractivity contribution in [1.82, 2.24) is 4.90 Å². The van der Waals surface area contributed by atoms with Crippen molar-refractivity contribution in [3.05, 3.63) is 104 Å². The lowest BCUT2D eigenvalue weighted by atomic mass is 9.97. The third-order valence-electron chi connectivity index (χ3n) is 7.10. The van der Waals surface area contributed by atoms with Crippen molar-refractivity contribution in [3.63, 3.8) is 0 Å². The van der Waals surface area contributed by atoms with Gasteiger partial charge >= 0.3 is 0 Å². The molecule has 0 saturated carbocycles. The summed E-state index contributed by atoms with van der Waals surface area (Å²) < 4.78 is 18.0. The molecule has 4 aromatic rings. The van der Waals surface area contributed by atoms with Crippen molar-refractivity contribution < 1.29 is 18.7 Å². The van der Waals surface area contributed by atoms with Crippen LogP contribution in [0.5, 0.6) is 11.5 Å². The van der Waals surface area contributed by atoms with Crippen molar-refractivity contribution in [1.29, 1.82) is 0 Å². The zero-order chi connectivity index (χ0) is 27.0. The van der Waals surface area contributed by atoms with Gasteiger partial charge in [-0.2, -0.15) is 0 Å². The Morgan fingerprint density at radius 1 is 0.868 bits per heavy atom. The highest BCUT2D eigenvalue weighted by atomic mass is 16.5. The first-order valence-corrected chi connectivity index (χ1v) is 13.2. The van der Waals surface area contributed by atoms with Crippen molar-refractivity contribution in [2.24, 2.45) is 0 Å². The van der Waals surface area contributed by atoms with Gasteiger partial charge in [-0.05, 0) is 80.6 Å². The number of carbonyl (C=O) groups is 1. The largest absolute Gasteiger partial charge is 0.490 e. The number of rotatable bonds is 8. The van der Waals surface area contributed by atoms with Gasteiger partial charge in [-0.25, -0.2) is 0 Å². The molecule has 1 aliphatic heterocycles. The average molecular weight is 512 g/mol. The van der Waals surface area contributed by atoms with Crippen LogP contribution in [0.1, 0.15) is 70.2 Å². The summed E-state index contributed by atoms with van der Waals surface area (Å²) in [6.07, 6.45) is 0.870. The molecule has 1 aromatic heterocycles. The van der Waals surface area contributed by atoms with Crippen molar-refractivity contribution in [3.8, 4) is 11.5 Å². The number of ether oxygens (including phenoxy) is 2. The minimum absolute atomic E-state index is 0.104. The zero-order valence-electron chi connectivity index (χ0n) is 22.6. The van der Waals surface area contributed by atoms with Gasteiger partial charge < -0.3 is 18.8 Å². The molecule has 1 amide bonds. The molecule has 0 aliphatic carbocycles. The maximum atomic E-state index is 14.0. The van der Waals surface area contributed by atoms with Gasteiger partial charge in [0.05, 0.1) is 30.2 Å². The lowest BCUT2D eigenvalue weighted by molar-refractivity contribution is 0.0714. The SMILES string of the molecule is CCCOc1ccc(C2c3c(oc4cc(C)c(C)cc4c3=O)C(=O)N2Cc2ccc(C)cc2)cc1OCC. The molecular formula is C32H33NO5. The second-order valence-corrected chi connectivity index (χ2v) is 9.92. The topological polar surface area (TPSA) is 69.0 Å². The van der Waals surface area contributed by atoms with Crippen LogP contribution in [0.2, 0.25) is 0 Å². The molecule has 0 spiro atoms. The van der Waals surface area contributed by atoms with Crippen molar-refractivity contribution in [2.45, 2.75) is 53.6 Å². The molecule has 38 heavy (non-hydrogen) atoms. The molecule has 3 aromatic carbocycles. The number of amides is 1. The van der Waals surface area contributed by atoms with E-state index in [2.05, 4.69) is 0 Å². The van der Waals surface area contributed by atoms with Gasteiger partial charge in [-0.15, -0.1) is 0 Å². The van der Waals surface area contributed by atoms with Crippen molar-refractivity contribution in [2.75, 3.05) is 13.2 Å². The Bertz CT molecular complexity index is 1570. The van der Waals surface area contributed by atoms with Gasteiger partial charge in [0, 0.05) is 6.54 Å². The van der Waals surface area contributed by atoms with Crippen LogP contribution in [0.15, 0.2) is 63.8 Å². The maximum Gasteiger partial charge on any atom is 0.291 e. The number of aryl methyl sites for hydroxylation is 3. The second kappa shape index (κ2) is 10.4. The Morgan fingerprint density at radius 2 is 1.61 bits per heavy atom. The summed E-state index contributed by atoms with van der Waals surface area (Å²) >= 11 is 0. The lowest BCUT2D eigenvalue weighted by Gasteiger charge is -2.26. The highest BCUT2D eigenvalue weighted by Crippen LogP contribution is 2.42. The third-order valence-corrected chi connectivity index (χ3v) is 7.10. The first-order chi connectivity index (χ1) is 18.3. The molecule has 196 valence electrons. The molecule has 6 nitrogen and oxygen atoms in total. The van der Waals surface area contributed by atoms with Gasteiger partial charge in [-0.3, -0.25) is 9.59 Å². The average Bonchev–Trinajstić information content (AvgIpc) is 3.17. The van der Waals surface area contributed by atoms with Gasteiger partial charge in [0.25, 0.3) is 5.91 Å². The fraction of sp³-hybridized carbons (Fsp3) is 0.312. The Hall–Kier alpha value is -4.06. The summed E-state index contributed by atoms with van der Waals surface area (Å²) in [6, 6.07) is 16.8. The number of benzene rings is 3. The van der Waals surface area contributed by atoms with Crippen LogP contribution in [-0.2, 0) is 6.54 Å². The van der Waals surface area contributed by atoms with E-state index in [1.807, 2.05) is 89.2 Å². The van der Waals surface area contributed by atoms with E-state index in [0.29, 0.717) is 47.8 Å². The molecule has 1 aliphatic rings. The number of hydrogen-bond acceptors (Lipinski definition) is 5. The smallest absolute Gasteiger partial charge is 0.291 e. The van der Waals surface area contributed by atoms with Crippen LogP contribution in [-0.4, -0.2) is 24.0 Å². The molecule has 0 saturated heterocycles. The lowest BCUT2D eigenvalue weighted by Crippen LogP contribution is -2.29. The first-order valence-electron chi connectivity index (χ1n) is 13.2. The molecule has 1 atom stereocenters. The molecule has 0 radical (unpaired) electrons. The van der Waals surface area contributed by atoms with Crippen molar-refractivity contribution >= 4 is 16.9 Å². The summed E-state index contributed by atoms with van der Waals surface area (Å²) in [7, 11) is 0. The Morgan fingerprint density at radius 3 is 2.32 bits per heavy atom. The standard InChI is InChI=1S/C32H33NO5/c1-6-14-37-25-13-12-23(17-27(25)36-7-2)29-28-30(34)24-15-20(4)21(5)16-26(24)38-31(28)32(35)33(29)18-22-10-8-19(3)9-11-22/h8-13,15-17,29H,6-7,14,18H2,1-5H3. The van der Waals surface area contributed by atoms with Gasteiger partial charge in [-0.1, -0.05) is 42.8 Å². The number of hydrogen-bond donors (Lipinski definition) is 0. The van der Waals surface area contributed by atoms with Crippen LogP contribution in [0.25, 0.3) is 11.0 Å². The van der Waals surface area contributed by atoms with E-state index in [1.165, 1.54) is 0 Å². The molecule has 6 heteroatoms. The highest BCUT2D eigenvalue weighted by molar-refractivity contribution is 5.99. The van der Waals surface area contributed by atoms with Crippen LogP contribution >= 0.6 is 0 Å². The molecule has 0 fully saturated rings. The summed E-state index contributed by atoms with van der Waals surface area (Å²) in [5.74, 6) is 1.04. The van der Waals surface area contributed by atoms with Crippen LogP contribution < -0.4 is 14.9 Å². The van der Waals surface area contributed by atoms with E-state index in [-0.39, 0.29) is 17.1 Å². The molecule has 2 heterocycles. The summed E-state index contributed by atoms with van der Waals surface area (Å²) in [5, 5.41) is 0.481. The molecular weight excluding hydrogens is 478 g/mol. The minimum atomic E-state index is -0.625. The van der Waals surface area contributed by atoms with E-state index >= 15 is 0 Å². The maximum absolute atomic E-state index is 14.0. The van der Waals surface area contributed by atoms with E-state index in [4.69, 9.17) is 13.9 Å². The zero-order valence-corrected chi connectivity index (χ0v) is 22.6. The Kier molecular flexibility index (Phi) is 6.98. The summed E-state index contributed by atoms with van der Waals surface area (Å²) in [4.78, 5) is 29.6. The van der Waals surface area contributed by atoms with E-state index in [0.717, 1.165) is 34.2 Å². The number of carbonyl (C=O) groups excluding carboxylic acids is 1. The molecule has 0 N–H and O–H groups in total. The third kappa shape index (κ3) is 4.55. The van der Waals surface area contributed by atoms with Gasteiger partial charge in [0.1, 0.15) is 5.58 Å². The number of fused-ring (bicyclic) bond motifs is 2. The first kappa shape index (κ1) is 25.6. The minimum Gasteiger partial charge on any atom is -0.490 e. The Labute approximate surface area is 222 Å². The van der Waals surface area contributed by atoms with Gasteiger partial charge in [0.15, 0.2) is 16.9 Å². The fourth-order valence-corrected chi connectivity index (χ4v) is 4.97.